The molecule has 0 spiro atoms. The van der Waals surface area contributed by atoms with Gasteiger partial charge in [0.25, 0.3) is 0 Å². The van der Waals surface area contributed by atoms with Crippen molar-refractivity contribution in [2.24, 2.45) is 11.3 Å². The van der Waals surface area contributed by atoms with Gasteiger partial charge in [-0.15, -0.1) is 0 Å². The van der Waals surface area contributed by atoms with E-state index in [0.717, 1.165) is 9.84 Å². The standard InChI is InChI=1S/C10H19I/c1-4-10(8(2)3)6-5-9(11)7-10/h8-9H,4-7H2,1-3H3. The SMILES string of the molecule is CCC1(C(C)C)CCC(I)C1. The molecule has 1 rings (SSSR count). The summed E-state index contributed by atoms with van der Waals surface area (Å²) in [5, 5.41) is 0. The lowest BCUT2D eigenvalue weighted by Crippen LogP contribution is -2.23. The molecule has 0 nitrogen and oxygen atoms in total. The monoisotopic (exact) mass is 266 g/mol. The second-order valence-electron chi connectivity index (χ2n) is 4.21. The number of halogens is 1. The molecule has 2 unspecified atom stereocenters. The molecule has 1 fully saturated rings. The zero-order valence-electron chi connectivity index (χ0n) is 7.86. The summed E-state index contributed by atoms with van der Waals surface area (Å²) >= 11 is 2.61. The van der Waals surface area contributed by atoms with Crippen molar-refractivity contribution < 1.29 is 0 Å². The fourth-order valence-corrected chi connectivity index (χ4v) is 3.53. The van der Waals surface area contributed by atoms with E-state index in [1.807, 2.05) is 0 Å². The quantitative estimate of drug-likeness (QED) is 0.523. The minimum absolute atomic E-state index is 0.700. The smallest absolute Gasteiger partial charge is 0.0115 e. The fourth-order valence-electron chi connectivity index (χ4n) is 2.34. The van der Waals surface area contributed by atoms with Gasteiger partial charge in [-0.25, -0.2) is 0 Å². The summed E-state index contributed by atoms with van der Waals surface area (Å²) in [6.07, 6.45) is 5.76. The van der Waals surface area contributed by atoms with Crippen LogP contribution in [0.15, 0.2) is 0 Å². The lowest BCUT2D eigenvalue weighted by atomic mass is 9.74. The van der Waals surface area contributed by atoms with Crippen molar-refractivity contribution in [1.82, 2.24) is 0 Å². The number of rotatable bonds is 2. The van der Waals surface area contributed by atoms with Crippen LogP contribution in [0.4, 0.5) is 0 Å². The molecule has 0 N–H and O–H groups in total. The zero-order chi connectivity index (χ0) is 8.48. The van der Waals surface area contributed by atoms with E-state index in [0.29, 0.717) is 5.41 Å². The third-order valence-corrected chi connectivity index (χ3v) is 4.58. The summed E-state index contributed by atoms with van der Waals surface area (Å²) in [7, 11) is 0. The van der Waals surface area contributed by atoms with Crippen molar-refractivity contribution >= 4 is 22.6 Å². The molecule has 0 aromatic rings. The van der Waals surface area contributed by atoms with Crippen LogP contribution >= 0.6 is 22.6 Å². The molecule has 0 amide bonds. The molecule has 1 saturated carbocycles. The molecule has 0 radical (unpaired) electrons. The predicted octanol–water partition coefficient (Wildman–Crippen LogP) is 4.03. The van der Waals surface area contributed by atoms with Gasteiger partial charge in [0.05, 0.1) is 0 Å². The molecule has 11 heavy (non-hydrogen) atoms. The Labute approximate surface area is 84.3 Å². The van der Waals surface area contributed by atoms with E-state index in [1.165, 1.54) is 25.7 Å². The summed E-state index contributed by atoms with van der Waals surface area (Å²) < 4.78 is 0.954. The molecule has 1 aliphatic carbocycles. The topological polar surface area (TPSA) is 0 Å². The van der Waals surface area contributed by atoms with Crippen molar-refractivity contribution in [3.05, 3.63) is 0 Å². The van der Waals surface area contributed by atoms with E-state index in [1.54, 1.807) is 0 Å². The first kappa shape index (κ1) is 9.82. The summed E-state index contributed by atoms with van der Waals surface area (Å²) in [5.41, 5.74) is 0.700. The van der Waals surface area contributed by atoms with Crippen molar-refractivity contribution in [2.45, 2.75) is 50.4 Å². The fraction of sp³-hybridized carbons (Fsp3) is 1.00. The van der Waals surface area contributed by atoms with Crippen molar-refractivity contribution in [3.8, 4) is 0 Å². The number of hydrogen-bond donors (Lipinski definition) is 0. The minimum atomic E-state index is 0.700. The summed E-state index contributed by atoms with van der Waals surface area (Å²) in [6, 6.07) is 0. The molecular formula is C10H19I. The Bertz CT molecular complexity index is 131. The summed E-state index contributed by atoms with van der Waals surface area (Å²) in [4.78, 5) is 0. The molecule has 66 valence electrons. The predicted molar refractivity (Wildman–Crippen MR) is 59.2 cm³/mol. The highest BCUT2D eigenvalue weighted by Gasteiger charge is 2.38. The van der Waals surface area contributed by atoms with E-state index in [9.17, 15) is 0 Å². The average molecular weight is 266 g/mol. The van der Waals surface area contributed by atoms with Gasteiger partial charge >= 0.3 is 0 Å². The van der Waals surface area contributed by atoms with E-state index in [-0.39, 0.29) is 0 Å². The van der Waals surface area contributed by atoms with Gasteiger partial charge in [0.15, 0.2) is 0 Å². The summed E-state index contributed by atoms with van der Waals surface area (Å²) in [5.74, 6) is 0.882. The van der Waals surface area contributed by atoms with Crippen LogP contribution in [0.5, 0.6) is 0 Å². The van der Waals surface area contributed by atoms with Gasteiger partial charge in [-0.05, 0) is 30.6 Å². The minimum Gasteiger partial charge on any atom is -0.0826 e. The summed E-state index contributed by atoms with van der Waals surface area (Å²) in [6.45, 7) is 7.13. The van der Waals surface area contributed by atoms with Crippen LogP contribution in [0.3, 0.4) is 0 Å². The van der Waals surface area contributed by atoms with E-state index in [2.05, 4.69) is 43.4 Å². The van der Waals surface area contributed by atoms with Gasteiger partial charge in [0.1, 0.15) is 0 Å². The van der Waals surface area contributed by atoms with Crippen LogP contribution in [0.2, 0.25) is 0 Å². The van der Waals surface area contributed by atoms with Gasteiger partial charge in [0, 0.05) is 3.92 Å². The Morgan fingerprint density at radius 1 is 1.55 bits per heavy atom. The molecule has 0 aliphatic heterocycles. The Morgan fingerprint density at radius 2 is 2.18 bits per heavy atom. The molecule has 0 saturated heterocycles. The average Bonchev–Trinajstić information content (AvgIpc) is 2.33. The first-order valence-corrected chi connectivity index (χ1v) is 5.99. The molecule has 1 aliphatic rings. The van der Waals surface area contributed by atoms with Crippen LogP contribution in [0.25, 0.3) is 0 Å². The third-order valence-electron chi connectivity index (χ3n) is 3.51. The Kier molecular flexibility index (Phi) is 3.24. The highest BCUT2D eigenvalue weighted by Crippen LogP contribution is 2.49. The second kappa shape index (κ2) is 3.63. The molecule has 0 heterocycles. The van der Waals surface area contributed by atoms with E-state index < -0.39 is 0 Å². The Morgan fingerprint density at radius 3 is 2.36 bits per heavy atom. The second-order valence-corrected chi connectivity index (χ2v) is 5.97. The Hall–Kier alpha value is 0.730. The van der Waals surface area contributed by atoms with Gasteiger partial charge < -0.3 is 0 Å². The van der Waals surface area contributed by atoms with Crippen LogP contribution in [0.1, 0.15) is 46.5 Å². The third kappa shape index (κ3) is 1.90. The van der Waals surface area contributed by atoms with Crippen molar-refractivity contribution in [1.29, 1.82) is 0 Å². The van der Waals surface area contributed by atoms with Crippen LogP contribution in [-0.2, 0) is 0 Å². The highest BCUT2D eigenvalue weighted by atomic mass is 127. The zero-order valence-corrected chi connectivity index (χ0v) is 10.0. The first-order chi connectivity index (χ1) is 5.10. The number of alkyl halides is 1. The maximum Gasteiger partial charge on any atom is 0.0115 e. The highest BCUT2D eigenvalue weighted by molar-refractivity contribution is 14.1. The lowest BCUT2D eigenvalue weighted by Gasteiger charge is -2.32. The molecular weight excluding hydrogens is 247 g/mol. The lowest BCUT2D eigenvalue weighted by molar-refractivity contribution is 0.189. The maximum absolute atomic E-state index is 2.61. The molecule has 2 atom stereocenters. The maximum atomic E-state index is 2.61. The number of hydrogen-bond acceptors (Lipinski definition) is 0. The molecule has 0 aromatic carbocycles. The van der Waals surface area contributed by atoms with Gasteiger partial charge in [0.2, 0.25) is 0 Å². The van der Waals surface area contributed by atoms with Crippen molar-refractivity contribution in [2.75, 3.05) is 0 Å². The van der Waals surface area contributed by atoms with Gasteiger partial charge in [-0.2, -0.15) is 0 Å². The first-order valence-electron chi connectivity index (χ1n) is 4.75. The molecule has 1 heteroatoms. The molecule has 0 bridgehead atoms. The largest absolute Gasteiger partial charge is 0.0826 e. The van der Waals surface area contributed by atoms with Crippen LogP contribution < -0.4 is 0 Å². The Balaban J connectivity index is 2.62. The normalized spacial score (nSPS) is 38.5. The van der Waals surface area contributed by atoms with Gasteiger partial charge in [-0.1, -0.05) is 49.8 Å². The van der Waals surface area contributed by atoms with Gasteiger partial charge in [-0.3, -0.25) is 0 Å². The van der Waals surface area contributed by atoms with Crippen LogP contribution in [-0.4, -0.2) is 3.92 Å². The van der Waals surface area contributed by atoms with E-state index >= 15 is 0 Å². The van der Waals surface area contributed by atoms with Crippen molar-refractivity contribution in [3.63, 3.8) is 0 Å². The molecule has 0 aromatic heterocycles. The van der Waals surface area contributed by atoms with E-state index in [4.69, 9.17) is 0 Å². The van der Waals surface area contributed by atoms with Crippen LogP contribution in [0, 0.1) is 11.3 Å².